The Kier molecular flexibility index (Phi) is 3.59. The average molecular weight is 313 g/mol. The van der Waals surface area contributed by atoms with Crippen LogP contribution in [-0.4, -0.2) is 40.1 Å². The zero-order valence-corrected chi connectivity index (χ0v) is 12.9. The van der Waals surface area contributed by atoms with Gasteiger partial charge in [-0.05, 0) is 18.9 Å². The maximum Gasteiger partial charge on any atom is 0.241 e. The van der Waals surface area contributed by atoms with Crippen LogP contribution in [0.4, 0.5) is 0 Å². The number of amides is 1. The molecule has 23 heavy (non-hydrogen) atoms. The molecular weight excluding hydrogens is 294 g/mol. The highest BCUT2D eigenvalue weighted by Gasteiger charge is 2.40. The molecule has 2 aromatic rings. The Hall–Kier alpha value is -2.25. The lowest BCUT2D eigenvalue weighted by Gasteiger charge is -2.38. The molecule has 2 aliphatic rings. The molecule has 1 amide bonds. The van der Waals surface area contributed by atoms with Gasteiger partial charge in [-0.15, -0.1) is 0 Å². The molecule has 7 heteroatoms. The summed E-state index contributed by atoms with van der Waals surface area (Å²) in [5.74, 6) is 1.56. The Morgan fingerprint density at radius 3 is 2.74 bits per heavy atom. The molecule has 2 aliphatic heterocycles. The highest BCUT2D eigenvalue weighted by atomic mass is 16.5. The van der Waals surface area contributed by atoms with Gasteiger partial charge in [0.15, 0.2) is 5.82 Å². The number of nitrogens with one attached hydrogen (secondary N) is 2. The Bertz CT molecular complexity index is 696. The van der Waals surface area contributed by atoms with Crippen molar-refractivity contribution in [3.05, 3.63) is 47.6 Å². The highest BCUT2D eigenvalue weighted by molar-refractivity contribution is 5.83. The number of aromatic nitrogens is 2. The van der Waals surface area contributed by atoms with Crippen LogP contribution in [0.1, 0.15) is 35.7 Å². The van der Waals surface area contributed by atoms with Gasteiger partial charge in [-0.3, -0.25) is 4.79 Å². The predicted octanol–water partition coefficient (Wildman–Crippen LogP) is 0.912. The van der Waals surface area contributed by atoms with Crippen molar-refractivity contribution in [1.82, 2.24) is 25.9 Å². The van der Waals surface area contributed by atoms with Gasteiger partial charge >= 0.3 is 0 Å². The Balaban J connectivity index is 1.33. The standard InChI is InChI=1S/C16H19N5O2/c1-10-17-15(23-20-10)12-8-21(9-12)16(22)14-7-13(18-19-14)11-5-3-2-4-6-11/h2-6,12-14,18-19H,7-9H2,1H3. The van der Waals surface area contributed by atoms with E-state index in [1.165, 1.54) is 5.56 Å². The summed E-state index contributed by atoms with van der Waals surface area (Å²) in [7, 11) is 0. The summed E-state index contributed by atoms with van der Waals surface area (Å²) in [5, 5.41) is 3.80. The van der Waals surface area contributed by atoms with Crippen LogP contribution in [0.2, 0.25) is 0 Å². The predicted molar refractivity (Wildman–Crippen MR) is 82.2 cm³/mol. The van der Waals surface area contributed by atoms with Crippen LogP contribution in [0.5, 0.6) is 0 Å². The molecule has 7 nitrogen and oxygen atoms in total. The molecule has 2 atom stereocenters. The van der Waals surface area contributed by atoms with E-state index in [2.05, 4.69) is 33.1 Å². The Labute approximate surface area is 134 Å². The van der Waals surface area contributed by atoms with E-state index in [1.807, 2.05) is 23.1 Å². The van der Waals surface area contributed by atoms with E-state index in [4.69, 9.17) is 4.52 Å². The van der Waals surface area contributed by atoms with Gasteiger partial charge in [0, 0.05) is 19.1 Å². The van der Waals surface area contributed by atoms with E-state index in [0.29, 0.717) is 24.8 Å². The maximum absolute atomic E-state index is 12.5. The van der Waals surface area contributed by atoms with E-state index in [9.17, 15) is 4.79 Å². The lowest BCUT2D eigenvalue weighted by Crippen LogP contribution is -2.54. The van der Waals surface area contributed by atoms with Gasteiger partial charge < -0.3 is 9.42 Å². The van der Waals surface area contributed by atoms with Crippen LogP contribution >= 0.6 is 0 Å². The van der Waals surface area contributed by atoms with Crippen molar-refractivity contribution in [3.63, 3.8) is 0 Å². The van der Waals surface area contributed by atoms with Gasteiger partial charge in [0.25, 0.3) is 0 Å². The third-order valence-corrected chi connectivity index (χ3v) is 4.49. The molecule has 4 rings (SSSR count). The van der Waals surface area contributed by atoms with E-state index >= 15 is 0 Å². The largest absolute Gasteiger partial charge is 0.340 e. The number of hydrogen-bond donors (Lipinski definition) is 2. The summed E-state index contributed by atoms with van der Waals surface area (Å²) < 4.78 is 5.17. The molecule has 1 aromatic carbocycles. The van der Waals surface area contributed by atoms with Crippen molar-refractivity contribution in [2.75, 3.05) is 13.1 Å². The van der Waals surface area contributed by atoms with Gasteiger partial charge in [-0.2, -0.15) is 4.98 Å². The number of carbonyl (C=O) groups is 1. The molecule has 2 fully saturated rings. The minimum Gasteiger partial charge on any atom is -0.340 e. The minimum absolute atomic E-state index is 0.128. The van der Waals surface area contributed by atoms with Crippen molar-refractivity contribution in [3.8, 4) is 0 Å². The molecular formula is C16H19N5O2. The highest BCUT2D eigenvalue weighted by Crippen LogP contribution is 2.29. The molecule has 0 bridgehead atoms. The summed E-state index contributed by atoms with van der Waals surface area (Å²) in [6, 6.07) is 10.1. The van der Waals surface area contributed by atoms with Gasteiger partial charge in [-0.1, -0.05) is 35.5 Å². The third kappa shape index (κ3) is 2.73. The van der Waals surface area contributed by atoms with Crippen molar-refractivity contribution in [1.29, 1.82) is 0 Å². The van der Waals surface area contributed by atoms with E-state index in [0.717, 1.165) is 6.42 Å². The number of likely N-dealkylation sites (tertiary alicyclic amines) is 1. The van der Waals surface area contributed by atoms with Crippen LogP contribution in [0.3, 0.4) is 0 Å². The number of benzene rings is 1. The summed E-state index contributed by atoms with van der Waals surface area (Å²) in [6.07, 6.45) is 0.754. The lowest BCUT2D eigenvalue weighted by molar-refractivity contribution is -0.138. The molecule has 0 radical (unpaired) electrons. The normalized spacial score (nSPS) is 24.7. The van der Waals surface area contributed by atoms with Gasteiger partial charge in [0.1, 0.15) is 6.04 Å². The molecule has 0 spiro atoms. The zero-order chi connectivity index (χ0) is 15.8. The maximum atomic E-state index is 12.5. The van der Waals surface area contributed by atoms with Crippen LogP contribution in [-0.2, 0) is 4.79 Å². The molecule has 2 saturated heterocycles. The molecule has 0 saturated carbocycles. The Morgan fingerprint density at radius 2 is 2.04 bits per heavy atom. The minimum atomic E-state index is -0.189. The molecule has 2 unspecified atom stereocenters. The number of nitrogens with zero attached hydrogens (tertiary/aromatic N) is 3. The topological polar surface area (TPSA) is 83.3 Å². The second-order valence-electron chi connectivity index (χ2n) is 6.16. The number of carbonyl (C=O) groups excluding carboxylic acids is 1. The summed E-state index contributed by atoms with van der Waals surface area (Å²) in [5.41, 5.74) is 7.53. The number of hydrogen-bond acceptors (Lipinski definition) is 6. The van der Waals surface area contributed by atoms with Gasteiger partial charge in [-0.25, -0.2) is 10.9 Å². The number of hydrazine groups is 1. The summed E-state index contributed by atoms with van der Waals surface area (Å²) in [4.78, 5) is 18.6. The fourth-order valence-corrected chi connectivity index (χ4v) is 3.14. The van der Waals surface area contributed by atoms with Crippen molar-refractivity contribution in [2.24, 2.45) is 0 Å². The molecule has 3 heterocycles. The Morgan fingerprint density at radius 1 is 1.26 bits per heavy atom. The van der Waals surface area contributed by atoms with Crippen LogP contribution in [0.25, 0.3) is 0 Å². The van der Waals surface area contributed by atoms with Crippen LogP contribution in [0.15, 0.2) is 34.9 Å². The number of rotatable bonds is 3. The van der Waals surface area contributed by atoms with Crippen LogP contribution < -0.4 is 10.9 Å². The molecule has 0 aliphatic carbocycles. The van der Waals surface area contributed by atoms with Crippen LogP contribution in [0, 0.1) is 6.92 Å². The SMILES string of the molecule is Cc1noc(C2CN(C(=O)C3CC(c4ccccc4)NN3)C2)n1. The summed E-state index contributed by atoms with van der Waals surface area (Å²) >= 11 is 0. The third-order valence-electron chi connectivity index (χ3n) is 4.49. The summed E-state index contributed by atoms with van der Waals surface area (Å²) in [6.45, 7) is 3.09. The first-order valence-corrected chi connectivity index (χ1v) is 7.85. The smallest absolute Gasteiger partial charge is 0.241 e. The van der Waals surface area contributed by atoms with Gasteiger partial charge in [0.2, 0.25) is 11.8 Å². The molecule has 1 aromatic heterocycles. The zero-order valence-electron chi connectivity index (χ0n) is 12.9. The second kappa shape index (κ2) is 5.75. The monoisotopic (exact) mass is 313 g/mol. The van der Waals surface area contributed by atoms with Gasteiger partial charge in [0.05, 0.1) is 5.92 Å². The quantitative estimate of drug-likeness (QED) is 0.876. The fourth-order valence-electron chi connectivity index (χ4n) is 3.14. The van der Waals surface area contributed by atoms with E-state index in [-0.39, 0.29) is 23.9 Å². The lowest BCUT2D eigenvalue weighted by atomic mass is 9.96. The average Bonchev–Trinajstić information content (AvgIpc) is 3.16. The van der Waals surface area contributed by atoms with E-state index in [1.54, 1.807) is 6.92 Å². The van der Waals surface area contributed by atoms with E-state index < -0.39 is 0 Å². The number of aryl methyl sites for hydroxylation is 1. The first kappa shape index (κ1) is 14.3. The molecule has 120 valence electrons. The fraction of sp³-hybridized carbons (Fsp3) is 0.438. The van der Waals surface area contributed by atoms with Crippen molar-refractivity contribution < 1.29 is 9.32 Å². The van der Waals surface area contributed by atoms with Crippen molar-refractivity contribution >= 4 is 5.91 Å². The van der Waals surface area contributed by atoms with Crippen molar-refractivity contribution in [2.45, 2.75) is 31.3 Å². The molecule has 2 N–H and O–H groups in total. The first-order chi connectivity index (χ1) is 11.2. The first-order valence-electron chi connectivity index (χ1n) is 7.85. The second-order valence-corrected chi connectivity index (χ2v) is 6.16.